The maximum absolute atomic E-state index is 12.4. The molecule has 8 heteroatoms. The zero-order chi connectivity index (χ0) is 20.2. The molecule has 7 nitrogen and oxygen atoms in total. The van der Waals surface area contributed by atoms with Gasteiger partial charge in [-0.15, -0.1) is 10.2 Å². The van der Waals surface area contributed by atoms with E-state index in [-0.39, 0.29) is 18.2 Å². The number of ether oxygens (including phenoxy) is 1. The second-order valence-corrected chi connectivity index (χ2v) is 7.38. The quantitative estimate of drug-likeness (QED) is 0.547. The molecule has 1 N–H and O–H groups in total. The van der Waals surface area contributed by atoms with Crippen LogP contribution in [-0.2, 0) is 14.3 Å². The van der Waals surface area contributed by atoms with Crippen molar-refractivity contribution in [2.45, 2.75) is 39.0 Å². The number of aromatic nitrogens is 2. The molecule has 2 amide bonds. The van der Waals surface area contributed by atoms with Crippen LogP contribution in [0.15, 0.2) is 30.3 Å². The monoisotopic (exact) mass is 404 g/mol. The molecule has 0 saturated heterocycles. The lowest BCUT2D eigenvalue weighted by Gasteiger charge is -2.22. The molecule has 0 aliphatic carbocycles. The fraction of sp³-hybridized carbons (Fsp3) is 0.500. The van der Waals surface area contributed by atoms with Crippen LogP contribution in [0.4, 0.5) is 5.13 Å². The number of amides is 2. The predicted octanol–water partition coefficient (Wildman–Crippen LogP) is 3.59. The highest BCUT2D eigenvalue weighted by atomic mass is 32.1. The summed E-state index contributed by atoms with van der Waals surface area (Å²) >= 11 is 1.33. The first-order valence-corrected chi connectivity index (χ1v) is 10.4. The Kier molecular flexibility index (Phi) is 9.57. The van der Waals surface area contributed by atoms with E-state index in [0.29, 0.717) is 31.2 Å². The van der Waals surface area contributed by atoms with Crippen molar-refractivity contribution in [3.8, 4) is 10.6 Å². The molecule has 0 radical (unpaired) electrons. The maximum Gasteiger partial charge on any atom is 0.227 e. The van der Waals surface area contributed by atoms with Crippen molar-refractivity contribution < 1.29 is 14.3 Å². The predicted molar refractivity (Wildman–Crippen MR) is 111 cm³/mol. The molecule has 0 bridgehead atoms. The minimum atomic E-state index is -0.181. The molecule has 1 heterocycles. The molecule has 0 aliphatic heterocycles. The molecule has 0 unspecified atom stereocenters. The van der Waals surface area contributed by atoms with Crippen LogP contribution >= 0.6 is 11.3 Å². The standard InChI is InChI=1S/C20H28N4O3S/c1-3-4-6-11-18(26)24(14-15-27-2)13-12-17(25)21-20-23-22-19(28-20)16-9-7-5-8-10-16/h5,7-10H,3-4,6,11-15H2,1-2H3,(H,21,23,25). The zero-order valence-corrected chi connectivity index (χ0v) is 17.3. The Bertz CT molecular complexity index is 736. The molecule has 28 heavy (non-hydrogen) atoms. The second kappa shape index (κ2) is 12.2. The SMILES string of the molecule is CCCCCC(=O)N(CCOC)CCC(=O)Nc1nnc(-c2ccccc2)s1. The van der Waals surface area contributed by atoms with Gasteiger partial charge in [-0.1, -0.05) is 61.4 Å². The summed E-state index contributed by atoms with van der Waals surface area (Å²) in [6.45, 7) is 3.42. The van der Waals surface area contributed by atoms with Gasteiger partial charge in [-0.2, -0.15) is 0 Å². The van der Waals surface area contributed by atoms with Gasteiger partial charge in [0.05, 0.1) is 6.61 Å². The molecule has 1 aromatic heterocycles. The number of hydrogen-bond donors (Lipinski definition) is 1. The molecule has 0 saturated carbocycles. The Hall–Kier alpha value is -2.32. The van der Waals surface area contributed by atoms with Crippen molar-refractivity contribution in [3.63, 3.8) is 0 Å². The van der Waals surface area contributed by atoms with E-state index in [2.05, 4.69) is 22.4 Å². The van der Waals surface area contributed by atoms with Gasteiger partial charge in [0.15, 0.2) is 0 Å². The molecule has 0 atom stereocenters. The highest BCUT2D eigenvalue weighted by molar-refractivity contribution is 7.18. The molecular formula is C20H28N4O3S. The van der Waals surface area contributed by atoms with Gasteiger partial charge >= 0.3 is 0 Å². The van der Waals surface area contributed by atoms with Crippen LogP contribution in [0.25, 0.3) is 10.6 Å². The van der Waals surface area contributed by atoms with E-state index in [1.165, 1.54) is 11.3 Å². The number of nitrogens with zero attached hydrogens (tertiary/aromatic N) is 3. The zero-order valence-electron chi connectivity index (χ0n) is 16.5. The summed E-state index contributed by atoms with van der Waals surface area (Å²) in [4.78, 5) is 26.4. The largest absolute Gasteiger partial charge is 0.383 e. The molecule has 0 aliphatic rings. The number of rotatable bonds is 12. The number of unbranched alkanes of at least 4 members (excludes halogenated alkanes) is 2. The van der Waals surface area contributed by atoms with Crippen LogP contribution in [0, 0.1) is 0 Å². The average molecular weight is 405 g/mol. The Balaban J connectivity index is 1.84. The lowest BCUT2D eigenvalue weighted by Crippen LogP contribution is -2.36. The first-order chi connectivity index (χ1) is 13.6. The molecule has 0 fully saturated rings. The fourth-order valence-electron chi connectivity index (χ4n) is 2.64. The Labute approximate surface area is 170 Å². The maximum atomic E-state index is 12.4. The summed E-state index contributed by atoms with van der Waals surface area (Å²) in [5.41, 5.74) is 0.962. The summed E-state index contributed by atoms with van der Waals surface area (Å²) < 4.78 is 5.08. The molecule has 152 valence electrons. The third-order valence-electron chi connectivity index (χ3n) is 4.21. The number of nitrogens with one attached hydrogen (secondary N) is 1. The summed E-state index contributed by atoms with van der Waals surface area (Å²) in [6, 6.07) is 9.70. The van der Waals surface area contributed by atoms with Crippen molar-refractivity contribution in [3.05, 3.63) is 30.3 Å². The summed E-state index contributed by atoms with van der Waals surface area (Å²) in [7, 11) is 1.60. The third-order valence-corrected chi connectivity index (χ3v) is 5.10. The Morgan fingerprint density at radius 1 is 1.11 bits per heavy atom. The highest BCUT2D eigenvalue weighted by Crippen LogP contribution is 2.25. The van der Waals surface area contributed by atoms with E-state index in [4.69, 9.17) is 4.74 Å². The lowest BCUT2D eigenvalue weighted by molar-refractivity contribution is -0.132. The summed E-state index contributed by atoms with van der Waals surface area (Å²) in [5, 5.41) is 12.1. The van der Waals surface area contributed by atoms with Crippen LogP contribution in [-0.4, -0.2) is 53.7 Å². The topological polar surface area (TPSA) is 84.4 Å². The van der Waals surface area contributed by atoms with E-state index in [1.807, 2.05) is 30.3 Å². The second-order valence-electron chi connectivity index (χ2n) is 6.41. The fourth-order valence-corrected chi connectivity index (χ4v) is 3.40. The van der Waals surface area contributed by atoms with Crippen LogP contribution < -0.4 is 5.32 Å². The van der Waals surface area contributed by atoms with E-state index < -0.39 is 0 Å². The van der Waals surface area contributed by atoms with Crippen LogP contribution in [0.3, 0.4) is 0 Å². The molecular weight excluding hydrogens is 376 g/mol. The molecule has 2 aromatic rings. The van der Waals surface area contributed by atoms with Gasteiger partial charge in [0.2, 0.25) is 16.9 Å². The smallest absolute Gasteiger partial charge is 0.227 e. The van der Waals surface area contributed by atoms with Gasteiger partial charge in [-0.25, -0.2) is 0 Å². The third kappa shape index (κ3) is 7.36. The van der Waals surface area contributed by atoms with E-state index in [1.54, 1.807) is 12.0 Å². The first kappa shape index (κ1) is 22.0. The van der Waals surface area contributed by atoms with Gasteiger partial charge in [0.1, 0.15) is 5.01 Å². The lowest BCUT2D eigenvalue weighted by atomic mass is 10.2. The van der Waals surface area contributed by atoms with E-state index >= 15 is 0 Å². The van der Waals surface area contributed by atoms with Gasteiger partial charge in [-0.05, 0) is 6.42 Å². The minimum Gasteiger partial charge on any atom is -0.383 e. The van der Waals surface area contributed by atoms with Crippen molar-refractivity contribution >= 4 is 28.3 Å². The van der Waals surface area contributed by atoms with Gasteiger partial charge in [-0.3, -0.25) is 9.59 Å². The molecule has 0 spiro atoms. The minimum absolute atomic E-state index is 0.0700. The molecule has 1 aromatic carbocycles. The molecule has 2 rings (SSSR count). The Morgan fingerprint density at radius 2 is 1.89 bits per heavy atom. The van der Waals surface area contributed by atoms with Crippen molar-refractivity contribution in [2.75, 3.05) is 32.1 Å². The first-order valence-electron chi connectivity index (χ1n) is 9.59. The summed E-state index contributed by atoms with van der Waals surface area (Å²) in [5.74, 6) is -0.111. The summed E-state index contributed by atoms with van der Waals surface area (Å²) in [6.07, 6.45) is 3.70. The van der Waals surface area contributed by atoms with Crippen molar-refractivity contribution in [1.82, 2.24) is 15.1 Å². The van der Waals surface area contributed by atoms with E-state index in [9.17, 15) is 9.59 Å². The average Bonchev–Trinajstić information content (AvgIpc) is 3.17. The van der Waals surface area contributed by atoms with Gasteiger partial charge in [0.25, 0.3) is 0 Å². The number of hydrogen-bond acceptors (Lipinski definition) is 6. The Morgan fingerprint density at radius 3 is 2.61 bits per heavy atom. The highest BCUT2D eigenvalue weighted by Gasteiger charge is 2.15. The van der Waals surface area contributed by atoms with Crippen LogP contribution in [0.5, 0.6) is 0 Å². The van der Waals surface area contributed by atoms with Gasteiger partial charge < -0.3 is 15.0 Å². The van der Waals surface area contributed by atoms with E-state index in [0.717, 1.165) is 29.8 Å². The number of methoxy groups -OCH3 is 1. The number of benzene rings is 1. The number of anilines is 1. The van der Waals surface area contributed by atoms with Gasteiger partial charge in [0, 0.05) is 38.6 Å². The van der Waals surface area contributed by atoms with Crippen LogP contribution in [0.2, 0.25) is 0 Å². The normalized spacial score (nSPS) is 10.6. The number of carbonyl (C=O) groups is 2. The van der Waals surface area contributed by atoms with Crippen LogP contribution in [0.1, 0.15) is 39.0 Å². The number of carbonyl (C=O) groups excluding carboxylic acids is 2. The van der Waals surface area contributed by atoms with Crippen molar-refractivity contribution in [1.29, 1.82) is 0 Å². The van der Waals surface area contributed by atoms with Crippen molar-refractivity contribution in [2.24, 2.45) is 0 Å².